The maximum Gasteiger partial charge on any atom is 0.270 e. The Hall–Kier alpha value is -2.66. The van der Waals surface area contributed by atoms with E-state index in [2.05, 4.69) is 0 Å². The second-order valence-corrected chi connectivity index (χ2v) is 4.65. The fourth-order valence-corrected chi connectivity index (χ4v) is 1.88. The molecule has 0 bridgehead atoms. The number of rotatable bonds is 4. The first kappa shape index (κ1) is 14.7. The van der Waals surface area contributed by atoms with Gasteiger partial charge >= 0.3 is 0 Å². The van der Waals surface area contributed by atoms with Crippen LogP contribution in [0.2, 0.25) is 5.02 Å². The Morgan fingerprint density at radius 1 is 1.24 bits per heavy atom. The van der Waals surface area contributed by atoms with Crippen molar-refractivity contribution in [2.75, 3.05) is 0 Å². The number of benzene rings is 2. The summed E-state index contributed by atoms with van der Waals surface area (Å²) in [6, 6.07) is 10.0. The highest BCUT2D eigenvalue weighted by Crippen LogP contribution is 2.22. The van der Waals surface area contributed by atoms with E-state index in [0.717, 1.165) is 0 Å². The lowest BCUT2D eigenvalue weighted by atomic mass is 10.1. The zero-order chi connectivity index (χ0) is 15.4. The highest BCUT2D eigenvalue weighted by molar-refractivity contribution is 6.31. The molecule has 2 aromatic carbocycles. The van der Waals surface area contributed by atoms with Crippen LogP contribution in [0.1, 0.15) is 15.9 Å². The first-order chi connectivity index (χ1) is 9.97. The molecule has 0 aliphatic rings. The van der Waals surface area contributed by atoms with Crippen LogP contribution in [-0.2, 0) is 0 Å². The molecule has 2 aromatic rings. The Morgan fingerprint density at radius 2 is 2.00 bits per heavy atom. The van der Waals surface area contributed by atoms with E-state index in [9.17, 15) is 20.0 Å². The van der Waals surface area contributed by atoms with Crippen molar-refractivity contribution >= 4 is 29.1 Å². The summed E-state index contributed by atoms with van der Waals surface area (Å²) in [5, 5.41) is 20.6. The molecule has 0 aliphatic carbocycles. The minimum atomic E-state index is -0.512. The van der Waals surface area contributed by atoms with Gasteiger partial charge in [0.2, 0.25) is 0 Å². The molecule has 5 nitrogen and oxygen atoms in total. The molecule has 0 saturated heterocycles. The van der Waals surface area contributed by atoms with Gasteiger partial charge in [0.05, 0.1) is 10.5 Å². The van der Waals surface area contributed by atoms with Crippen molar-refractivity contribution in [3.8, 4) is 5.75 Å². The number of phenols is 1. The largest absolute Gasteiger partial charge is 0.507 e. The van der Waals surface area contributed by atoms with Gasteiger partial charge in [0.1, 0.15) is 5.75 Å². The molecule has 0 aromatic heterocycles. The SMILES string of the molecule is O=C(/C=C/c1cccc([N+](=O)[O-])c1)c1cc(Cl)ccc1O. The minimum Gasteiger partial charge on any atom is -0.507 e. The van der Waals surface area contributed by atoms with Gasteiger partial charge in [-0.2, -0.15) is 0 Å². The van der Waals surface area contributed by atoms with Crippen molar-refractivity contribution < 1.29 is 14.8 Å². The second kappa shape index (κ2) is 6.19. The van der Waals surface area contributed by atoms with E-state index in [0.29, 0.717) is 10.6 Å². The topological polar surface area (TPSA) is 80.4 Å². The van der Waals surface area contributed by atoms with Crippen LogP contribution in [-0.4, -0.2) is 15.8 Å². The lowest BCUT2D eigenvalue weighted by Crippen LogP contribution is -1.95. The van der Waals surface area contributed by atoms with Gasteiger partial charge in [-0.25, -0.2) is 0 Å². The summed E-state index contributed by atoms with van der Waals surface area (Å²) >= 11 is 5.77. The highest BCUT2D eigenvalue weighted by Gasteiger charge is 2.09. The Labute approximate surface area is 125 Å². The van der Waals surface area contributed by atoms with Crippen molar-refractivity contribution in [3.05, 3.63) is 74.8 Å². The third-order valence-electron chi connectivity index (χ3n) is 2.73. The summed E-state index contributed by atoms with van der Waals surface area (Å²) < 4.78 is 0. The van der Waals surface area contributed by atoms with Crippen molar-refractivity contribution in [1.29, 1.82) is 0 Å². The molecule has 2 rings (SSSR count). The molecule has 0 saturated carbocycles. The van der Waals surface area contributed by atoms with Gasteiger partial charge in [-0.3, -0.25) is 14.9 Å². The van der Waals surface area contributed by atoms with Crippen LogP contribution in [0.3, 0.4) is 0 Å². The lowest BCUT2D eigenvalue weighted by molar-refractivity contribution is -0.384. The molecule has 0 radical (unpaired) electrons. The van der Waals surface area contributed by atoms with Crippen LogP contribution in [0.15, 0.2) is 48.5 Å². The first-order valence-electron chi connectivity index (χ1n) is 5.93. The molecule has 0 unspecified atom stereocenters. The van der Waals surface area contributed by atoms with Crippen LogP contribution < -0.4 is 0 Å². The molecule has 106 valence electrons. The van der Waals surface area contributed by atoms with Crippen LogP contribution in [0.25, 0.3) is 6.08 Å². The second-order valence-electron chi connectivity index (χ2n) is 4.21. The number of ketones is 1. The summed E-state index contributed by atoms with van der Waals surface area (Å²) in [5.41, 5.74) is 0.526. The molecular weight excluding hydrogens is 294 g/mol. The first-order valence-corrected chi connectivity index (χ1v) is 6.30. The minimum absolute atomic E-state index is 0.0600. The fourth-order valence-electron chi connectivity index (χ4n) is 1.71. The van der Waals surface area contributed by atoms with Gasteiger partial charge in [-0.1, -0.05) is 29.8 Å². The van der Waals surface area contributed by atoms with Crippen LogP contribution in [0.4, 0.5) is 5.69 Å². The standard InChI is InChI=1S/C15H10ClNO4/c16-11-5-7-15(19)13(9-11)14(18)6-4-10-2-1-3-12(8-10)17(20)21/h1-9,19H/b6-4+. The summed E-state index contributed by atoms with van der Waals surface area (Å²) in [4.78, 5) is 22.1. The van der Waals surface area contributed by atoms with E-state index >= 15 is 0 Å². The average Bonchev–Trinajstić information content (AvgIpc) is 2.47. The Balaban J connectivity index is 2.24. The van der Waals surface area contributed by atoms with Gasteiger partial charge < -0.3 is 5.11 Å². The fraction of sp³-hybridized carbons (Fsp3) is 0. The van der Waals surface area contributed by atoms with E-state index in [1.165, 1.54) is 48.6 Å². The number of phenolic OH excluding ortho intramolecular Hbond substituents is 1. The van der Waals surface area contributed by atoms with Crippen LogP contribution in [0.5, 0.6) is 5.75 Å². The lowest BCUT2D eigenvalue weighted by Gasteiger charge is -2.01. The number of allylic oxidation sites excluding steroid dienone is 1. The number of nitrogens with zero attached hydrogens (tertiary/aromatic N) is 1. The molecule has 1 N–H and O–H groups in total. The number of nitro benzene ring substituents is 1. The molecule has 6 heteroatoms. The van der Waals surface area contributed by atoms with E-state index < -0.39 is 10.7 Å². The third kappa shape index (κ3) is 3.67. The van der Waals surface area contributed by atoms with Crippen LogP contribution in [0, 0.1) is 10.1 Å². The van der Waals surface area contributed by atoms with Crippen molar-refractivity contribution in [1.82, 2.24) is 0 Å². The number of halogens is 1. The number of nitro groups is 1. The number of hydrogen-bond donors (Lipinski definition) is 1. The van der Waals surface area contributed by atoms with Gasteiger partial charge in [0, 0.05) is 17.2 Å². The average molecular weight is 304 g/mol. The summed E-state index contributed by atoms with van der Waals surface area (Å²) in [7, 11) is 0. The summed E-state index contributed by atoms with van der Waals surface area (Å²) in [6.45, 7) is 0. The normalized spacial score (nSPS) is 10.7. The molecule has 0 amide bonds. The van der Waals surface area contributed by atoms with Crippen molar-refractivity contribution in [2.45, 2.75) is 0 Å². The number of non-ortho nitro benzene ring substituents is 1. The molecule has 0 spiro atoms. The maximum atomic E-state index is 12.0. The van der Waals surface area contributed by atoms with Crippen molar-refractivity contribution in [2.24, 2.45) is 0 Å². The monoisotopic (exact) mass is 303 g/mol. The quantitative estimate of drug-likeness (QED) is 0.402. The number of hydrogen-bond acceptors (Lipinski definition) is 4. The van der Waals surface area contributed by atoms with Crippen LogP contribution >= 0.6 is 11.6 Å². The zero-order valence-corrected chi connectivity index (χ0v) is 11.4. The summed E-state index contributed by atoms with van der Waals surface area (Å²) in [6.07, 6.45) is 2.67. The Morgan fingerprint density at radius 3 is 2.71 bits per heavy atom. The third-order valence-corrected chi connectivity index (χ3v) is 2.97. The van der Waals surface area contributed by atoms with Gasteiger partial charge in [0.25, 0.3) is 5.69 Å². The van der Waals surface area contributed by atoms with Gasteiger partial charge in [0.15, 0.2) is 5.78 Å². The maximum absolute atomic E-state index is 12.0. The highest BCUT2D eigenvalue weighted by atomic mass is 35.5. The molecule has 21 heavy (non-hydrogen) atoms. The number of carbonyl (C=O) groups excluding carboxylic acids is 1. The van der Waals surface area contributed by atoms with Gasteiger partial charge in [-0.05, 0) is 29.8 Å². The Kier molecular flexibility index (Phi) is 4.35. The Bertz CT molecular complexity index is 740. The van der Waals surface area contributed by atoms with E-state index in [4.69, 9.17) is 11.6 Å². The van der Waals surface area contributed by atoms with Gasteiger partial charge in [-0.15, -0.1) is 0 Å². The smallest absolute Gasteiger partial charge is 0.270 e. The molecule has 0 aliphatic heterocycles. The molecule has 0 fully saturated rings. The number of aromatic hydroxyl groups is 1. The predicted molar refractivity (Wildman–Crippen MR) is 79.6 cm³/mol. The van der Waals surface area contributed by atoms with E-state index in [-0.39, 0.29) is 17.0 Å². The van der Waals surface area contributed by atoms with E-state index in [1.807, 2.05) is 0 Å². The number of carbonyl (C=O) groups is 1. The van der Waals surface area contributed by atoms with Crippen molar-refractivity contribution in [3.63, 3.8) is 0 Å². The van der Waals surface area contributed by atoms with E-state index in [1.54, 1.807) is 6.07 Å². The zero-order valence-electron chi connectivity index (χ0n) is 10.7. The summed E-state index contributed by atoms with van der Waals surface area (Å²) in [5.74, 6) is -0.616. The molecule has 0 heterocycles. The molecule has 0 atom stereocenters. The predicted octanol–water partition coefficient (Wildman–Crippen LogP) is 3.85. The molecular formula is C15H10ClNO4.